The van der Waals surface area contributed by atoms with E-state index in [1.807, 2.05) is 32.3 Å². The molecule has 2 aromatic rings. The summed E-state index contributed by atoms with van der Waals surface area (Å²) in [6.45, 7) is 8.19. The number of nitrogens with one attached hydrogen (secondary N) is 1. The molecule has 1 aromatic heterocycles. The van der Waals surface area contributed by atoms with Gasteiger partial charge < -0.3 is 9.88 Å². The Morgan fingerprint density at radius 3 is 2.73 bits per heavy atom. The van der Waals surface area contributed by atoms with Crippen LogP contribution in [-0.2, 0) is 4.79 Å². The Labute approximate surface area is 184 Å². The zero-order chi connectivity index (χ0) is 21.7. The largest absolute Gasteiger partial charge is 0.347 e. The number of fused-ring (bicyclic) bond motifs is 1. The number of H-pyrrole nitrogens is 1. The first-order valence-electron chi connectivity index (χ1n) is 10.7. The van der Waals surface area contributed by atoms with Crippen molar-refractivity contribution in [3.05, 3.63) is 47.6 Å². The third-order valence-corrected chi connectivity index (χ3v) is 6.59. The lowest BCUT2D eigenvalue weighted by atomic mass is 10.1. The number of imidazole rings is 1. The van der Waals surface area contributed by atoms with Crippen molar-refractivity contribution in [3.8, 4) is 0 Å². The fourth-order valence-corrected chi connectivity index (χ4v) is 4.99. The molecule has 1 fully saturated rings. The van der Waals surface area contributed by atoms with E-state index < -0.39 is 0 Å². The number of hydrogen-bond acceptors (Lipinski definition) is 4. The van der Waals surface area contributed by atoms with Crippen molar-refractivity contribution in [2.75, 3.05) is 27.2 Å². The predicted molar refractivity (Wildman–Crippen MR) is 127 cm³/mol. The van der Waals surface area contributed by atoms with Crippen molar-refractivity contribution < 1.29 is 4.79 Å². The van der Waals surface area contributed by atoms with Crippen molar-refractivity contribution in [1.82, 2.24) is 19.8 Å². The number of carbonyl (C=O) groups excluding carboxylic acids is 1. The van der Waals surface area contributed by atoms with Crippen molar-refractivity contribution >= 4 is 28.7 Å². The van der Waals surface area contributed by atoms with Gasteiger partial charge in [0.1, 0.15) is 0 Å². The Bertz CT molecular complexity index is 893. The van der Waals surface area contributed by atoms with Gasteiger partial charge in [-0.1, -0.05) is 47.2 Å². The molecule has 0 spiro atoms. The molecule has 2 atom stereocenters. The van der Waals surface area contributed by atoms with Crippen LogP contribution < -0.4 is 0 Å². The first kappa shape index (κ1) is 22.6. The molecule has 5 nitrogen and oxygen atoms in total. The smallest absolute Gasteiger partial charge is 0.239 e. The van der Waals surface area contributed by atoms with Crippen LogP contribution in [0, 0.1) is 0 Å². The molecule has 2 heterocycles. The number of aromatic nitrogens is 2. The summed E-state index contributed by atoms with van der Waals surface area (Å²) in [6.07, 6.45) is 7.58. The molecule has 1 aromatic carbocycles. The lowest BCUT2D eigenvalue weighted by Gasteiger charge is -2.25. The average Bonchev–Trinajstić information content (AvgIpc) is 3.28. The Kier molecular flexibility index (Phi) is 7.78. The van der Waals surface area contributed by atoms with Gasteiger partial charge in [0.25, 0.3) is 0 Å². The quantitative estimate of drug-likeness (QED) is 0.611. The normalized spacial score (nSPS) is 20.0. The molecule has 1 amide bonds. The minimum atomic E-state index is -0.0660. The highest BCUT2D eigenvalue weighted by atomic mass is 32.2. The third kappa shape index (κ3) is 5.99. The summed E-state index contributed by atoms with van der Waals surface area (Å²) in [5, 5.41) is 1.28. The van der Waals surface area contributed by atoms with E-state index in [0.717, 1.165) is 48.5 Å². The number of allylic oxidation sites excluding steroid dienone is 3. The zero-order valence-corrected chi connectivity index (χ0v) is 19.6. The van der Waals surface area contributed by atoms with E-state index in [-0.39, 0.29) is 11.9 Å². The van der Waals surface area contributed by atoms with Crippen LogP contribution in [0.3, 0.4) is 0 Å². The number of para-hydroxylation sites is 2. The molecule has 1 aliphatic rings. The monoisotopic (exact) mass is 426 g/mol. The molecule has 0 saturated carbocycles. The maximum Gasteiger partial charge on any atom is 0.239 e. The highest BCUT2D eigenvalue weighted by Crippen LogP contribution is 2.33. The van der Waals surface area contributed by atoms with Crippen LogP contribution in [0.5, 0.6) is 0 Å². The standard InChI is InChI=1S/C24H34N4OS/c1-17(2)9-8-10-18(3)13-14-28-16-19(15-22(28)23(29)27(4)5)30-24-25-20-11-6-7-12-21(20)26-24/h6-7,9,11-13,19,22H,8,10,14-16H2,1-5H3,(H,25,26)/t19-,22-/m0/s1. The second-order valence-corrected chi connectivity index (χ2v) is 9.90. The highest BCUT2D eigenvalue weighted by molar-refractivity contribution is 7.99. The molecule has 30 heavy (non-hydrogen) atoms. The van der Waals surface area contributed by atoms with Gasteiger partial charge in [0.15, 0.2) is 5.16 Å². The Morgan fingerprint density at radius 2 is 2.03 bits per heavy atom. The fraction of sp³-hybridized carbons (Fsp3) is 0.500. The van der Waals surface area contributed by atoms with Gasteiger partial charge in [-0.05, 0) is 52.2 Å². The number of carbonyl (C=O) groups is 1. The minimum Gasteiger partial charge on any atom is -0.347 e. The van der Waals surface area contributed by atoms with Crippen LogP contribution >= 0.6 is 11.8 Å². The fourth-order valence-electron chi connectivity index (χ4n) is 3.81. The number of likely N-dealkylation sites (tertiary alicyclic amines) is 1. The molecule has 6 heteroatoms. The molecule has 162 valence electrons. The Balaban J connectivity index is 1.66. The van der Waals surface area contributed by atoms with Crippen molar-refractivity contribution in [2.24, 2.45) is 0 Å². The minimum absolute atomic E-state index is 0.0660. The number of likely N-dealkylation sites (N-methyl/N-ethyl adjacent to an activating group) is 1. The summed E-state index contributed by atoms with van der Waals surface area (Å²) < 4.78 is 0. The Morgan fingerprint density at radius 1 is 1.27 bits per heavy atom. The lowest BCUT2D eigenvalue weighted by Crippen LogP contribution is -2.42. The van der Waals surface area contributed by atoms with Crippen molar-refractivity contribution in [2.45, 2.75) is 56.5 Å². The van der Waals surface area contributed by atoms with Gasteiger partial charge in [0.05, 0.1) is 17.1 Å². The first-order valence-corrected chi connectivity index (χ1v) is 11.6. The molecule has 0 radical (unpaired) electrons. The van der Waals surface area contributed by atoms with E-state index in [2.05, 4.69) is 48.9 Å². The summed E-state index contributed by atoms with van der Waals surface area (Å²) in [6, 6.07) is 8.04. The van der Waals surface area contributed by atoms with Crippen LogP contribution in [0.2, 0.25) is 0 Å². The second-order valence-electron chi connectivity index (χ2n) is 8.61. The average molecular weight is 427 g/mol. The van der Waals surface area contributed by atoms with Crippen LogP contribution in [0.15, 0.2) is 52.7 Å². The SMILES string of the molecule is CC(C)=CCCC(C)=CCN1C[C@@H](Sc2nc3ccccc3[nH]2)C[C@H]1C(=O)N(C)C. The van der Waals surface area contributed by atoms with Gasteiger partial charge in [0.2, 0.25) is 5.91 Å². The molecule has 0 unspecified atom stereocenters. The van der Waals surface area contributed by atoms with E-state index in [4.69, 9.17) is 4.98 Å². The number of amides is 1. The molecule has 1 aliphatic heterocycles. The van der Waals surface area contributed by atoms with Crippen LogP contribution in [0.1, 0.15) is 40.0 Å². The number of nitrogens with zero attached hydrogens (tertiary/aromatic N) is 3. The van der Waals surface area contributed by atoms with Gasteiger partial charge in [-0.2, -0.15) is 0 Å². The summed E-state index contributed by atoms with van der Waals surface area (Å²) in [5.74, 6) is 0.193. The number of benzene rings is 1. The van der Waals surface area contributed by atoms with E-state index in [1.54, 1.807) is 16.7 Å². The van der Waals surface area contributed by atoms with Crippen LogP contribution in [0.25, 0.3) is 11.0 Å². The van der Waals surface area contributed by atoms with Crippen LogP contribution in [0.4, 0.5) is 0 Å². The molecular weight excluding hydrogens is 392 g/mol. The maximum absolute atomic E-state index is 12.8. The summed E-state index contributed by atoms with van der Waals surface area (Å²) in [7, 11) is 3.70. The summed E-state index contributed by atoms with van der Waals surface area (Å²) in [5.41, 5.74) is 4.80. The molecular formula is C24H34N4OS. The van der Waals surface area contributed by atoms with E-state index >= 15 is 0 Å². The maximum atomic E-state index is 12.8. The number of rotatable bonds is 8. The Hall–Kier alpha value is -2.05. The van der Waals surface area contributed by atoms with E-state index in [1.165, 1.54) is 11.1 Å². The highest BCUT2D eigenvalue weighted by Gasteiger charge is 2.37. The van der Waals surface area contributed by atoms with Crippen LogP contribution in [-0.4, -0.2) is 64.2 Å². The topological polar surface area (TPSA) is 52.2 Å². The van der Waals surface area contributed by atoms with Crippen molar-refractivity contribution in [3.63, 3.8) is 0 Å². The molecule has 1 saturated heterocycles. The van der Waals surface area contributed by atoms with Gasteiger partial charge >= 0.3 is 0 Å². The number of hydrogen-bond donors (Lipinski definition) is 1. The molecule has 3 rings (SSSR count). The first-order chi connectivity index (χ1) is 14.3. The number of aromatic amines is 1. The molecule has 0 aliphatic carbocycles. The van der Waals surface area contributed by atoms with E-state index in [9.17, 15) is 4.79 Å². The van der Waals surface area contributed by atoms with Gasteiger partial charge in [-0.25, -0.2) is 4.98 Å². The second kappa shape index (κ2) is 10.3. The summed E-state index contributed by atoms with van der Waals surface area (Å²) in [4.78, 5) is 25.0. The number of thioether (sulfide) groups is 1. The van der Waals surface area contributed by atoms with Gasteiger partial charge in [-0.3, -0.25) is 9.69 Å². The summed E-state index contributed by atoms with van der Waals surface area (Å²) >= 11 is 1.76. The predicted octanol–water partition coefficient (Wildman–Crippen LogP) is 4.88. The lowest BCUT2D eigenvalue weighted by molar-refractivity contribution is -0.133. The van der Waals surface area contributed by atoms with Gasteiger partial charge in [-0.15, -0.1) is 0 Å². The third-order valence-electron chi connectivity index (χ3n) is 5.50. The molecule has 1 N–H and O–H groups in total. The van der Waals surface area contributed by atoms with Crippen molar-refractivity contribution in [1.29, 1.82) is 0 Å². The molecule has 0 bridgehead atoms. The zero-order valence-electron chi connectivity index (χ0n) is 18.8. The van der Waals surface area contributed by atoms with E-state index in [0.29, 0.717) is 5.25 Å². The van der Waals surface area contributed by atoms with Gasteiger partial charge in [0, 0.05) is 32.4 Å².